The molecule has 1 fully saturated rings. The van der Waals surface area contributed by atoms with Crippen LogP contribution in [0.3, 0.4) is 0 Å². The van der Waals surface area contributed by atoms with Gasteiger partial charge in [-0.1, -0.05) is 13.0 Å². The van der Waals surface area contributed by atoms with E-state index in [-0.39, 0.29) is 30.1 Å². The highest BCUT2D eigenvalue weighted by Gasteiger charge is 2.38. The van der Waals surface area contributed by atoms with Crippen LogP contribution in [0.25, 0.3) is 11.0 Å². The number of amides is 1. The van der Waals surface area contributed by atoms with Gasteiger partial charge in [0.2, 0.25) is 0 Å². The van der Waals surface area contributed by atoms with Crippen molar-refractivity contribution in [3.63, 3.8) is 0 Å². The minimum atomic E-state index is -0.652. The molecule has 1 aromatic heterocycles. The van der Waals surface area contributed by atoms with Crippen LogP contribution in [0.5, 0.6) is 0 Å². The fourth-order valence-corrected chi connectivity index (χ4v) is 3.54. The van der Waals surface area contributed by atoms with E-state index in [0.717, 1.165) is 18.5 Å². The second kappa shape index (κ2) is 9.45. The van der Waals surface area contributed by atoms with Crippen LogP contribution in [-0.2, 0) is 9.53 Å². The Balaban J connectivity index is 1.73. The summed E-state index contributed by atoms with van der Waals surface area (Å²) in [5.41, 5.74) is 1.81. The first kappa shape index (κ1) is 24.6. The van der Waals surface area contributed by atoms with Gasteiger partial charge in [-0.25, -0.2) is 14.8 Å². The summed E-state index contributed by atoms with van der Waals surface area (Å²) in [6.45, 7) is 11.0. The molecule has 1 saturated carbocycles. The van der Waals surface area contributed by atoms with Crippen molar-refractivity contribution in [2.24, 2.45) is 5.92 Å². The van der Waals surface area contributed by atoms with E-state index in [1.165, 1.54) is 0 Å². The second-order valence-corrected chi connectivity index (χ2v) is 10.1. The Kier molecular flexibility index (Phi) is 7.05. The van der Waals surface area contributed by atoms with Gasteiger partial charge in [0, 0.05) is 23.4 Å². The van der Waals surface area contributed by atoms with E-state index in [1.807, 2.05) is 19.9 Å². The predicted molar refractivity (Wildman–Crippen MR) is 128 cm³/mol. The van der Waals surface area contributed by atoms with Gasteiger partial charge in [0.15, 0.2) is 11.6 Å². The third kappa shape index (κ3) is 6.49. The number of hydrogen-bond donors (Lipinski definition) is 2. The molecule has 0 radical (unpaired) electrons. The zero-order chi connectivity index (χ0) is 24.4. The highest BCUT2D eigenvalue weighted by molar-refractivity contribution is 6.07. The Hall–Kier alpha value is -3.03. The molecular formula is C25H34N4O4. The molecule has 0 saturated heterocycles. The molecule has 1 aliphatic rings. The Bertz CT molecular complexity index is 1070. The summed E-state index contributed by atoms with van der Waals surface area (Å²) in [5.74, 6) is -0.195. The number of hydrogen-bond acceptors (Lipinski definition) is 7. The van der Waals surface area contributed by atoms with Crippen LogP contribution in [-0.4, -0.2) is 45.3 Å². The van der Waals surface area contributed by atoms with Crippen LogP contribution in [0.2, 0.25) is 0 Å². The number of anilines is 1. The summed E-state index contributed by atoms with van der Waals surface area (Å²) in [5, 5.41) is 5.93. The topological polar surface area (TPSA) is 110 Å². The summed E-state index contributed by atoms with van der Waals surface area (Å²) >= 11 is 0. The number of para-hydroxylation sites is 1. The summed E-state index contributed by atoms with van der Waals surface area (Å²) < 4.78 is 5.17. The molecule has 1 atom stereocenters. The fourth-order valence-electron chi connectivity index (χ4n) is 3.54. The van der Waals surface area contributed by atoms with Gasteiger partial charge in [-0.3, -0.25) is 9.59 Å². The molecule has 2 N–H and O–H groups in total. The SMILES string of the molecule is CCC(CC(=O)c1cccc2nc(C)c(NC3(C)CC3)nc12)C(=O)CNC(=O)OC(C)(C)C. The molecule has 0 bridgehead atoms. The lowest BCUT2D eigenvalue weighted by atomic mass is 9.91. The number of aromatic nitrogens is 2. The van der Waals surface area contributed by atoms with Crippen molar-refractivity contribution in [1.82, 2.24) is 15.3 Å². The van der Waals surface area contributed by atoms with E-state index in [4.69, 9.17) is 9.72 Å². The molecule has 1 aliphatic carbocycles. The average molecular weight is 455 g/mol. The van der Waals surface area contributed by atoms with Gasteiger partial charge in [-0.2, -0.15) is 0 Å². The van der Waals surface area contributed by atoms with Crippen LogP contribution in [0, 0.1) is 12.8 Å². The van der Waals surface area contributed by atoms with E-state index < -0.39 is 17.6 Å². The van der Waals surface area contributed by atoms with Crippen molar-refractivity contribution >= 4 is 34.5 Å². The van der Waals surface area contributed by atoms with Gasteiger partial charge < -0.3 is 15.4 Å². The quantitative estimate of drug-likeness (QED) is 0.533. The number of carbonyl (C=O) groups is 3. The standard InChI is InChI=1S/C25H34N4O4/c1-7-16(20(31)14-26-23(32)33-24(3,4)5)13-19(30)17-9-8-10-18-21(17)28-22(15(2)27-18)29-25(6)11-12-25/h8-10,16H,7,11-14H2,1-6H3,(H,26,32)(H,28,29). The molecule has 1 amide bonds. The van der Waals surface area contributed by atoms with Gasteiger partial charge in [-0.15, -0.1) is 0 Å². The summed E-state index contributed by atoms with van der Waals surface area (Å²) in [4.78, 5) is 47.1. The molecule has 8 nitrogen and oxygen atoms in total. The molecule has 178 valence electrons. The van der Waals surface area contributed by atoms with E-state index in [9.17, 15) is 14.4 Å². The third-order valence-electron chi connectivity index (χ3n) is 5.78. The maximum atomic E-state index is 13.2. The molecule has 33 heavy (non-hydrogen) atoms. The minimum absolute atomic E-state index is 0.0347. The van der Waals surface area contributed by atoms with Crippen molar-refractivity contribution in [3.8, 4) is 0 Å². The van der Waals surface area contributed by atoms with Crippen LogP contribution in [0.4, 0.5) is 10.6 Å². The molecule has 1 heterocycles. The number of aryl methyl sites for hydroxylation is 1. The number of alkyl carbamates (subject to hydrolysis) is 1. The van der Waals surface area contributed by atoms with E-state index in [1.54, 1.807) is 32.9 Å². The maximum Gasteiger partial charge on any atom is 0.408 e. The van der Waals surface area contributed by atoms with Crippen molar-refractivity contribution in [3.05, 3.63) is 29.5 Å². The van der Waals surface area contributed by atoms with Gasteiger partial charge in [-0.05, 0) is 66.0 Å². The first-order chi connectivity index (χ1) is 15.4. The van der Waals surface area contributed by atoms with Gasteiger partial charge in [0.05, 0.1) is 17.8 Å². The number of fused-ring (bicyclic) bond motifs is 1. The van der Waals surface area contributed by atoms with Crippen LogP contribution < -0.4 is 10.6 Å². The van der Waals surface area contributed by atoms with Crippen molar-refractivity contribution < 1.29 is 19.1 Å². The van der Waals surface area contributed by atoms with Gasteiger partial charge >= 0.3 is 6.09 Å². The lowest BCUT2D eigenvalue weighted by Gasteiger charge is -2.20. The number of nitrogens with zero attached hydrogens (tertiary/aromatic N) is 2. The molecule has 1 aromatic carbocycles. The number of carbonyl (C=O) groups excluding carboxylic acids is 3. The molecule has 1 unspecified atom stereocenters. The molecule has 3 rings (SSSR count). The predicted octanol–water partition coefficient (Wildman–Crippen LogP) is 4.60. The van der Waals surface area contributed by atoms with Gasteiger partial charge in [0.25, 0.3) is 0 Å². The van der Waals surface area contributed by atoms with E-state index in [2.05, 4.69) is 22.5 Å². The van der Waals surface area contributed by atoms with Crippen molar-refractivity contribution in [2.45, 2.75) is 78.4 Å². The highest BCUT2D eigenvalue weighted by atomic mass is 16.6. The number of Topliss-reactive ketones (excluding diaryl/α,β-unsaturated/α-hetero) is 2. The van der Waals surface area contributed by atoms with Crippen LogP contribution in [0.15, 0.2) is 18.2 Å². The number of benzene rings is 1. The highest BCUT2D eigenvalue weighted by Crippen LogP contribution is 2.38. The maximum absolute atomic E-state index is 13.2. The first-order valence-corrected chi connectivity index (χ1v) is 11.5. The third-order valence-corrected chi connectivity index (χ3v) is 5.78. The number of ether oxygens (including phenoxy) is 1. The monoisotopic (exact) mass is 454 g/mol. The molecule has 2 aromatic rings. The minimum Gasteiger partial charge on any atom is -0.444 e. The summed E-state index contributed by atoms with van der Waals surface area (Å²) in [7, 11) is 0. The zero-order valence-corrected chi connectivity index (χ0v) is 20.4. The number of ketones is 2. The molecular weight excluding hydrogens is 420 g/mol. The fraction of sp³-hybridized carbons (Fsp3) is 0.560. The Morgan fingerprint density at radius 2 is 1.88 bits per heavy atom. The van der Waals surface area contributed by atoms with Crippen molar-refractivity contribution in [2.75, 3.05) is 11.9 Å². The first-order valence-electron chi connectivity index (χ1n) is 11.5. The average Bonchev–Trinajstić information content (AvgIpc) is 3.45. The Morgan fingerprint density at radius 3 is 2.48 bits per heavy atom. The largest absolute Gasteiger partial charge is 0.444 e. The van der Waals surface area contributed by atoms with E-state index in [0.29, 0.717) is 28.8 Å². The smallest absolute Gasteiger partial charge is 0.408 e. The van der Waals surface area contributed by atoms with Crippen LogP contribution in [0.1, 0.15) is 76.4 Å². The molecule has 8 heteroatoms. The summed E-state index contributed by atoms with van der Waals surface area (Å²) in [6, 6.07) is 5.35. The zero-order valence-electron chi connectivity index (χ0n) is 20.4. The number of rotatable bonds is 9. The number of nitrogens with one attached hydrogen (secondary N) is 2. The van der Waals surface area contributed by atoms with Crippen LogP contribution >= 0.6 is 0 Å². The van der Waals surface area contributed by atoms with Gasteiger partial charge in [0.1, 0.15) is 16.9 Å². The Labute approximate surface area is 194 Å². The molecule has 0 spiro atoms. The molecule has 0 aliphatic heterocycles. The second-order valence-electron chi connectivity index (χ2n) is 10.1. The lowest BCUT2D eigenvalue weighted by Crippen LogP contribution is -2.37. The van der Waals surface area contributed by atoms with E-state index >= 15 is 0 Å². The summed E-state index contributed by atoms with van der Waals surface area (Å²) in [6.07, 6.45) is 2.03. The lowest BCUT2D eigenvalue weighted by molar-refractivity contribution is -0.122. The Morgan fingerprint density at radius 1 is 1.18 bits per heavy atom. The van der Waals surface area contributed by atoms with Crippen molar-refractivity contribution in [1.29, 1.82) is 0 Å². The normalized spacial score (nSPS) is 15.6.